The van der Waals surface area contributed by atoms with E-state index in [2.05, 4.69) is 125 Å². The molecule has 0 heterocycles. The summed E-state index contributed by atoms with van der Waals surface area (Å²) in [5.74, 6) is -2.45. The number of ketones is 5. The lowest BCUT2D eigenvalue weighted by atomic mass is 10.1. The van der Waals surface area contributed by atoms with Crippen LogP contribution < -0.4 is 26.6 Å². The molecule has 0 saturated heterocycles. The van der Waals surface area contributed by atoms with E-state index < -0.39 is 0 Å². The second-order valence-electron chi connectivity index (χ2n) is 22.6. The molecule has 604 valence electrons. The van der Waals surface area contributed by atoms with Crippen molar-refractivity contribution in [2.24, 2.45) is 0 Å². The Morgan fingerprint density at radius 3 is 0.670 bits per heavy atom. The summed E-state index contributed by atoms with van der Waals surface area (Å²) in [7, 11) is 0. The summed E-state index contributed by atoms with van der Waals surface area (Å²) < 4.78 is 16.1. The lowest BCUT2D eigenvalue weighted by Gasteiger charge is -2.27. The molecule has 0 atom stereocenters. The molecule has 0 fully saturated rings. The van der Waals surface area contributed by atoms with Crippen molar-refractivity contribution in [1.82, 2.24) is 51.1 Å². The Morgan fingerprint density at radius 1 is 0.202 bits per heavy atom. The highest BCUT2D eigenvalue weighted by Gasteiger charge is 2.17. The fraction of sp³-hybridized carbons (Fsp3) is 0.444. The molecule has 10 amide bonds. The van der Waals surface area contributed by atoms with Gasteiger partial charge in [-0.1, -0.05) is 98.7 Å². The summed E-state index contributed by atoms with van der Waals surface area (Å²) >= 11 is 0. The molecule has 5 N–H and O–H groups in total. The van der Waals surface area contributed by atoms with Crippen molar-refractivity contribution >= 4 is 88.0 Å². The van der Waals surface area contributed by atoms with Crippen LogP contribution in [0.4, 0.5) is 0 Å². The number of carbonyl (C=O) groups excluding carboxylic acids is 15. The fourth-order valence-corrected chi connectivity index (χ4v) is 8.36. The molecule has 0 aliphatic rings. The summed E-state index contributed by atoms with van der Waals surface area (Å²) in [4.78, 5) is 177. The lowest BCUT2D eigenvalue weighted by Crippen LogP contribution is -2.43. The highest BCUT2D eigenvalue weighted by molar-refractivity contribution is 5.93. The molecular weight excluding hydrogens is 1400 g/mol. The Balaban J connectivity index is -0.000000415. The van der Waals surface area contributed by atoms with Crippen molar-refractivity contribution in [1.29, 1.82) is 0 Å². The monoisotopic (exact) mass is 1520 g/mol. The first-order valence-corrected chi connectivity index (χ1v) is 35.8. The topological polar surface area (TPSA) is 360 Å². The van der Waals surface area contributed by atoms with E-state index >= 15 is 0 Å². The standard InChI is InChI=1S/C19H27N3O4.C17H29NO5.C17H25NO3.C15H22N2O3.C13H19N3O3/c1-5-16(23)10-9-12-21(18(25)7-3)14-15-22(19(26)8-4)13-11-20-17(24)6-2;1-3-16(19)8-5-6-10-21-12-14-23-15-13-22-11-7-9-18-17(20)4-2;1-4-15(19)11-7-9-13-18(17(21)6-3)14-10-8-12-16(20)5-2;1-4-13(18)9-7-8-11-17(15(20)6-3)12-10-16-14(19)5-2;1-4-11(17)14-7-9-16(13(19)6-3)10-8-15-12(18)5-2/h5-8H,1-4,9-15H2,(H,20,24);3-4H,1-2,5-15H2,(H,18,20);4-6H,1-3,7-14H2;4-6H,1-3,7-12H2,(H,16,19);4-6H,1-3,7-10H2,(H,14,17)(H,15,18). The molecule has 0 aromatic carbocycles. The minimum absolute atomic E-state index is 0.00448. The van der Waals surface area contributed by atoms with Gasteiger partial charge in [0.15, 0.2) is 28.9 Å². The van der Waals surface area contributed by atoms with Gasteiger partial charge in [0.05, 0.1) is 26.4 Å². The van der Waals surface area contributed by atoms with Crippen LogP contribution in [-0.2, 0) is 86.1 Å². The molecule has 0 unspecified atom stereocenters. The summed E-state index contributed by atoms with van der Waals surface area (Å²) in [6, 6.07) is 0. The number of nitrogens with zero attached hydrogens (tertiary/aromatic N) is 5. The van der Waals surface area contributed by atoms with Gasteiger partial charge in [0.25, 0.3) is 0 Å². The minimum atomic E-state index is -0.327. The highest BCUT2D eigenvalue weighted by Crippen LogP contribution is 2.07. The third-order valence-corrected chi connectivity index (χ3v) is 14.5. The van der Waals surface area contributed by atoms with Gasteiger partial charge in [0.2, 0.25) is 59.1 Å². The second-order valence-corrected chi connectivity index (χ2v) is 22.6. The van der Waals surface area contributed by atoms with Crippen LogP contribution >= 0.6 is 0 Å². The molecule has 0 rings (SSSR count). The molecule has 0 saturated carbocycles. The van der Waals surface area contributed by atoms with Crippen molar-refractivity contribution in [3.05, 3.63) is 190 Å². The summed E-state index contributed by atoms with van der Waals surface area (Å²) in [5.41, 5.74) is 0. The van der Waals surface area contributed by atoms with E-state index in [4.69, 9.17) is 14.2 Å². The van der Waals surface area contributed by atoms with Crippen LogP contribution in [0.5, 0.6) is 0 Å². The van der Waals surface area contributed by atoms with E-state index in [0.29, 0.717) is 163 Å². The van der Waals surface area contributed by atoms with Gasteiger partial charge < -0.3 is 65.3 Å². The maximum absolute atomic E-state index is 12.0. The zero-order valence-corrected chi connectivity index (χ0v) is 64.3. The number of unbranched alkanes of at least 4 members (excludes halogenated alkanes) is 4. The van der Waals surface area contributed by atoms with Crippen LogP contribution in [-0.4, -0.2) is 250 Å². The number of hydrogen-bond donors (Lipinski definition) is 5. The van der Waals surface area contributed by atoms with Crippen molar-refractivity contribution in [3.8, 4) is 0 Å². The van der Waals surface area contributed by atoms with E-state index in [0.717, 1.165) is 63.2 Å². The number of rotatable bonds is 64. The maximum atomic E-state index is 12.0. The number of amides is 10. The van der Waals surface area contributed by atoms with Crippen LogP contribution in [0.1, 0.15) is 96.3 Å². The van der Waals surface area contributed by atoms with Gasteiger partial charge in [0, 0.05) is 143 Å². The second kappa shape index (κ2) is 76.7. The zero-order valence-electron chi connectivity index (χ0n) is 64.3. The molecular formula is C81H122N10O18. The van der Waals surface area contributed by atoms with E-state index in [-0.39, 0.29) is 114 Å². The van der Waals surface area contributed by atoms with Crippen LogP contribution in [0.2, 0.25) is 0 Å². The number of nitrogens with one attached hydrogen (secondary N) is 5. The Morgan fingerprint density at radius 2 is 0.404 bits per heavy atom. The molecule has 109 heavy (non-hydrogen) atoms. The summed E-state index contributed by atoms with van der Waals surface area (Å²) in [6.45, 7) is 60.2. The van der Waals surface area contributed by atoms with Crippen molar-refractivity contribution in [2.75, 3.05) is 138 Å². The Kier molecular flexibility index (Phi) is 75.0. The van der Waals surface area contributed by atoms with Gasteiger partial charge in [-0.3, -0.25) is 71.9 Å². The molecule has 0 aromatic heterocycles. The number of allylic oxidation sites excluding steroid dienone is 5. The first kappa shape index (κ1) is 107. The number of ether oxygens (including phenoxy) is 3. The Labute approximate surface area is 646 Å². The molecule has 0 spiro atoms. The third-order valence-electron chi connectivity index (χ3n) is 14.5. The minimum Gasteiger partial charge on any atom is -0.379 e. The van der Waals surface area contributed by atoms with Crippen LogP contribution in [0, 0.1) is 0 Å². The number of carbonyl (C=O) groups is 15. The molecule has 0 aliphatic heterocycles. The van der Waals surface area contributed by atoms with Crippen LogP contribution in [0.15, 0.2) is 190 Å². The van der Waals surface area contributed by atoms with Gasteiger partial charge in [-0.05, 0) is 155 Å². The van der Waals surface area contributed by atoms with E-state index in [1.165, 1.54) is 87.6 Å². The van der Waals surface area contributed by atoms with Gasteiger partial charge in [0.1, 0.15) is 0 Å². The molecule has 0 bridgehead atoms. The predicted molar refractivity (Wildman–Crippen MR) is 428 cm³/mol. The Hall–Kier alpha value is -11.0. The van der Waals surface area contributed by atoms with Gasteiger partial charge >= 0.3 is 0 Å². The molecule has 28 nitrogen and oxygen atoms in total. The van der Waals surface area contributed by atoms with E-state index in [1.807, 2.05) is 0 Å². The lowest BCUT2D eigenvalue weighted by molar-refractivity contribution is -0.130. The predicted octanol–water partition coefficient (Wildman–Crippen LogP) is 6.19. The third kappa shape index (κ3) is 68.6. The van der Waals surface area contributed by atoms with Gasteiger partial charge in [-0.15, -0.1) is 0 Å². The first-order chi connectivity index (χ1) is 52.2. The van der Waals surface area contributed by atoms with E-state index in [1.54, 1.807) is 9.80 Å². The van der Waals surface area contributed by atoms with Crippen molar-refractivity contribution < 1.29 is 86.1 Å². The largest absolute Gasteiger partial charge is 0.379 e. The smallest absolute Gasteiger partial charge is 0.246 e. The highest BCUT2D eigenvalue weighted by atomic mass is 16.5. The molecule has 0 radical (unpaired) electrons. The normalized spacial score (nSPS) is 9.61. The molecule has 0 aliphatic carbocycles. The molecule has 28 heteroatoms. The van der Waals surface area contributed by atoms with Crippen molar-refractivity contribution in [2.45, 2.75) is 96.3 Å². The maximum Gasteiger partial charge on any atom is 0.246 e. The zero-order chi connectivity index (χ0) is 83.3. The van der Waals surface area contributed by atoms with Crippen LogP contribution in [0.25, 0.3) is 0 Å². The van der Waals surface area contributed by atoms with Gasteiger partial charge in [-0.25, -0.2) is 0 Å². The SMILES string of the molecule is C=CC(=O)CCCCN(CCCCC(=O)C=C)C(=O)C=C.C=CC(=O)CCCCN(CCNC(=O)C=C)C(=O)C=C.C=CC(=O)CCCCOCCOCCOCCCNC(=O)C=C.C=CC(=O)CCCN(CCN(CCNC(=O)C=C)C(=O)C=C)C(=O)C=C.C=CC(=O)NCCN(CCNC(=O)C=C)C(=O)C=C. The van der Waals surface area contributed by atoms with Crippen LogP contribution in [0.3, 0.4) is 0 Å². The summed E-state index contributed by atoms with van der Waals surface area (Å²) in [6.07, 6.45) is 28.1. The average Bonchev–Trinajstić information content (AvgIpc) is 0.923. The first-order valence-electron chi connectivity index (χ1n) is 35.8. The van der Waals surface area contributed by atoms with Gasteiger partial charge in [-0.2, -0.15) is 0 Å². The Bertz CT molecular complexity index is 2840. The average molecular weight is 1520 g/mol. The summed E-state index contributed by atoms with van der Waals surface area (Å²) in [5, 5.41) is 13.0. The fourth-order valence-electron chi connectivity index (χ4n) is 8.36. The molecule has 0 aromatic rings. The number of hydrogen-bond acceptors (Lipinski definition) is 18. The van der Waals surface area contributed by atoms with E-state index in [9.17, 15) is 71.9 Å². The van der Waals surface area contributed by atoms with Crippen molar-refractivity contribution in [3.63, 3.8) is 0 Å². The quantitative estimate of drug-likeness (QED) is 0.0334.